The lowest BCUT2D eigenvalue weighted by Gasteiger charge is -2.10. The summed E-state index contributed by atoms with van der Waals surface area (Å²) in [4.78, 5) is 35.5. The number of nitrogens with one attached hydrogen (secondary N) is 2. The molecule has 0 fully saturated rings. The molecule has 27 heavy (non-hydrogen) atoms. The van der Waals surface area contributed by atoms with Gasteiger partial charge in [-0.1, -0.05) is 36.4 Å². The first-order chi connectivity index (χ1) is 13.0. The Bertz CT molecular complexity index is 914. The fourth-order valence-corrected chi connectivity index (χ4v) is 2.12. The van der Waals surface area contributed by atoms with Gasteiger partial charge in [0.1, 0.15) is 5.70 Å². The molecule has 2 N–H and O–H groups in total. The Morgan fingerprint density at radius 1 is 1.11 bits per heavy atom. The number of nitrogens with zero attached hydrogens (tertiary/aromatic N) is 1. The summed E-state index contributed by atoms with van der Waals surface area (Å²) in [6.45, 7) is 0.725. The summed E-state index contributed by atoms with van der Waals surface area (Å²) < 4.78 is 4.97. The van der Waals surface area contributed by atoms with Gasteiger partial charge in [0, 0.05) is 12.6 Å². The van der Waals surface area contributed by atoms with Crippen molar-refractivity contribution in [2.45, 2.75) is 6.92 Å². The molecule has 0 spiro atoms. The van der Waals surface area contributed by atoms with Gasteiger partial charge >= 0.3 is 5.97 Å². The molecule has 136 valence electrons. The van der Waals surface area contributed by atoms with Crippen molar-refractivity contribution in [2.24, 2.45) is 0 Å². The molecule has 0 saturated heterocycles. The monoisotopic (exact) mass is 363 g/mol. The zero-order chi connectivity index (χ0) is 19.6. The molecule has 7 nitrogen and oxygen atoms in total. The Balaban J connectivity index is 2.00. The van der Waals surface area contributed by atoms with Crippen LogP contribution in [0.25, 0.3) is 6.08 Å². The molecule has 0 saturated carbocycles. The van der Waals surface area contributed by atoms with Gasteiger partial charge in [-0.3, -0.25) is 9.59 Å². The number of nitriles is 1. The molecule has 7 heteroatoms. The van der Waals surface area contributed by atoms with Crippen molar-refractivity contribution in [1.29, 1.82) is 5.26 Å². The van der Waals surface area contributed by atoms with E-state index in [9.17, 15) is 14.4 Å². The van der Waals surface area contributed by atoms with E-state index in [-0.39, 0.29) is 5.70 Å². The third-order valence-corrected chi connectivity index (χ3v) is 3.25. The second kappa shape index (κ2) is 9.53. The largest absolute Gasteiger partial charge is 0.451 e. The Morgan fingerprint density at radius 3 is 2.52 bits per heavy atom. The number of benzene rings is 2. The van der Waals surface area contributed by atoms with Gasteiger partial charge in [-0.2, -0.15) is 5.26 Å². The van der Waals surface area contributed by atoms with E-state index in [0.717, 1.165) is 0 Å². The molecule has 0 aliphatic heterocycles. The molecule has 2 aromatic carbocycles. The van der Waals surface area contributed by atoms with Crippen LogP contribution >= 0.6 is 0 Å². The highest BCUT2D eigenvalue weighted by Crippen LogP contribution is 2.10. The van der Waals surface area contributed by atoms with Gasteiger partial charge in [-0.15, -0.1) is 0 Å². The lowest BCUT2D eigenvalue weighted by atomic mass is 10.2. The highest BCUT2D eigenvalue weighted by Gasteiger charge is 2.15. The lowest BCUT2D eigenvalue weighted by Crippen LogP contribution is -2.28. The number of rotatable bonds is 6. The molecule has 0 radical (unpaired) electrons. The van der Waals surface area contributed by atoms with Crippen LogP contribution in [-0.2, 0) is 19.1 Å². The van der Waals surface area contributed by atoms with Gasteiger partial charge in [0.2, 0.25) is 5.91 Å². The van der Waals surface area contributed by atoms with E-state index in [0.29, 0.717) is 16.8 Å². The van der Waals surface area contributed by atoms with Crippen LogP contribution in [0.1, 0.15) is 18.1 Å². The summed E-state index contributed by atoms with van der Waals surface area (Å²) in [5, 5.41) is 13.8. The van der Waals surface area contributed by atoms with Crippen LogP contribution in [0.5, 0.6) is 0 Å². The van der Waals surface area contributed by atoms with E-state index in [2.05, 4.69) is 10.6 Å². The quantitative estimate of drug-likeness (QED) is 0.604. The van der Waals surface area contributed by atoms with Crippen molar-refractivity contribution in [3.8, 4) is 6.07 Å². The summed E-state index contributed by atoms with van der Waals surface area (Å²) in [6, 6.07) is 17.2. The number of carbonyl (C=O) groups is 3. The van der Waals surface area contributed by atoms with Crippen molar-refractivity contribution in [1.82, 2.24) is 5.32 Å². The predicted molar refractivity (Wildman–Crippen MR) is 99.0 cm³/mol. The number of hydrogen-bond donors (Lipinski definition) is 2. The van der Waals surface area contributed by atoms with E-state index in [1.807, 2.05) is 12.1 Å². The van der Waals surface area contributed by atoms with Crippen molar-refractivity contribution < 1.29 is 19.1 Å². The molecule has 0 atom stereocenters. The molecule has 2 rings (SSSR count). The number of amides is 2. The number of ether oxygens (including phenoxy) is 1. The Labute approximate surface area is 156 Å². The normalized spacial score (nSPS) is 10.4. The van der Waals surface area contributed by atoms with E-state index < -0.39 is 24.4 Å². The summed E-state index contributed by atoms with van der Waals surface area (Å²) in [5.74, 6) is -1.85. The third-order valence-electron chi connectivity index (χ3n) is 3.25. The minimum atomic E-state index is -0.838. The Hall–Kier alpha value is -3.92. The predicted octanol–water partition coefficient (Wildman–Crippen LogP) is 2.22. The fourth-order valence-electron chi connectivity index (χ4n) is 2.12. The lowest BCUT2D eigenvalue weighted by molar-refractivity contribution is -0.144. The van der Waals surface area contributed by atoms with Crippen molar-refractivity contribution in [3.05, 3.63) is 71.4 Å². The highest BCUT2D eigenvalue weighted by atomic mass is 16.5. The average molecular weight is 363 g/mol. The summed E-state index contributed by atoms with van der Waals surface area (Å²) in [5.41, 5.74) is 1.42. The first kappa shape index (κ1) is 19.4. The maximum absolute atomic E-state index is 12.2. The van der Waals surface area contributed by atoms with E-state index in [4.69, 9.17) is 10.00 Å². The molecule has 0 aromatic heterocycles. The molecule has 0 unspecified atom stereocenters. The van der Waals surface area contributed by atoms with Crippen LogP contribution in [0, 0.1) is 11.3 Å². The molecular formula is C20H17N3O4. The average Bonchev–Trinajstić information content (AvgIpc) is 2.66. The number of anilines is 1. The fraction of sp³-hybridized carbons (Fsp3) is 0.100. The van der Waals surface area contributed by atoms with Crippen molar-refractivity contribution in [2.75, 3.05) is 11.9 Å². The van der Waals surface area contributed by atoms with E-state index >= 15 is 0 Å². The second-order valence-corrected chi connectivity index (χ2v) is 5.47. The van der Waals surface area contributed by atoms with Gasteiger partial charge in [0.15, 0.2) is 6.61 Å². The number of hydrogen-bond acceptors (Lipinski definition) is 5. The molecule has 0 bridgehead atoms. The maximum Gasteiger partial charge on any atom is 0.355 e. The molecule has 2 amide bonds. The first-order valence-electron chi connectivity index (χ1n) is 7.99. The van der Waals surface area contributed by atoms with Crippen LogP contribution in [0.15, 0.2) is 60.3 Å². The Morgan fingerprint density at radius 2 is 1.85 bits per heavy atom. The smallest absolute Gasteiger partial charge is 0.355 e. The molecule has 0 heterocycles. The molecule has 2 aromatic rings. The zero-order valence-corrected chi connectivity index (χ0v) is 14.6. The van der Waals surface area contributed by atoms with Crippen molar-refractivity contribution in [3.63, 3.8) is 0 Å². The topological polar surface area (TPSA) is 108 Å². The zero-order valence-electron chi connectivity index (χ0n) is 14.6. The van der Waals surface area contributed by atoms with Crippen LogP contribution in [0.4, 0.5) is 5.69 Å². The summed E-state index contributed by atoms with van der Waals surface area (Å²) >= 11 is 0. The minimum Gasteiger partial charge on any atom is -0.451 e. The molecule has 0 aliphatic carbocycles. The van der Waals surface area contributed by atoms with Gasteiger partial charge in [0.25, 0.3) is 5.91 Å². The van der Waals surface area contributed by atoms with Gasteiger partial charge < -0.3 is 15.4 Å². The van der Waals surface area contributed by atoms with Gasteiger partial charge in [0.05, 0.1) is 11.6 Å². The van der Waals surface area contributed by atoms with Gasteiger partial charge in [-0.25, -0.2) is 4.79 Å². The second-order valence-electron chi connectivity index (χ2n) is 5.47. The maximum atomic E-state index is 12.2. The summed E-state index contributed by atoms with van der Waals surface area (Å²) in [6.07, 6.45) is 1.46. The molecule has 0 aliphatic rings. The van der Waals surface area contributed by atoms with Crippen LogP contribution in [0.2, 0.25) is 0 Å². The van der Waals surface area contributed by atoms with Crippen LogP contribution < -0.4 is 10.6 Å². The van der Waals surface area contributed by atoms with Crippen LogP contribution in [0.3, 0.4) is 0 Å². The molecular weight excluding hydrogens is 346 g/mol. The SMILES string of the molecule is CC(=O)N/C(=C/c1ccccc1)C(=O)OCC(=O)Nc1cccc(C#N)c1. The van der Waals surface area contributed by atoms with Crippen LogP contribution in [-0.4, -0.2) is 24.4 Å². The van der Waals surface area contributed by atoms with E-state index in [1.54, 1.807) is 42.5 Å². The minimum absolute atomic E-state index is 0.0759. The van der Waals surface area contributed by atoms with Crippen molar-refractivity contribution >= 4 is 29.5 Å². The standard InChI is InChI=1S/C20H17N3O4/c1-14(24)22-18(11-15-6-3-2-4-7-15)20(26)27-13-19(25)23-17-9-5-8-16(10-17)12-21/h2-11H,13H2,1H3,(H,22,24)(H,23,25)/b18-11+. The first-order valence-corrected chi connectivity index (χ1v) is 7.99. The summed E-state index contributed by atoms with van der Waals surface area (Å²) in [7, 11) is 0. The van der Waals surface area contributed by atoms with E-state index in [1.165, 1.54) is 19.1 Å². The highest BCUT2D eigenvalue weighted by molar-refractivity contribution is 5.99. The number of carbonyl (C=O) groups excluding carboxylic acids is 3. The third kappa shape index (κ3) is 6.48. The number of esters is 1. The Kier molecular flexibility index (Phi) is 6.85. The van der Waals surface area contributed by atoms with Gasteiger partial charge in [-0.05, 0) is 29.8 Å².